The summed E-state index contributed by atoms with van der Waals surface area (Å²) in [6.07, 6.45) is 3.91. The summed E-state index contributed by atoms with van der Waals surface area (Å²) >= 11 is 7.18. The third-order valence-corrected chi connectivity index (χ3v) is 5.61. The van der Waals surface area contributed by atoms with Crippen molar-refractivity contribution in [3.8, 4) is 11.6 Å². The van der Waals surface area contributed by atoms with Gasteiger partial charge in [-0.3, -0.25) is 14.2 Å². The number of benzene rings is 1. The first-order chi connectivity index (χ1) is 13.0. The van der Waals surface area contributed by atoms with Crippen LogP contribution in [0.3, 0.4) is 0 Å². The van der Waals surface area contributed by atoms with E-state index in [1.165, 1.54) is 7.11 Å². The minimum atomic E-state index is -0.334. The van der Waals surface area contributed by atoms with Crippen LogP contribution in [0.4, 0.5) is 5.69 Å². The Kier molecular flexibility index (Phi) is 6.28. The predicted molar refractivity (Wildman–Crippen MR) is 105 cm³/mol. The number of anilines is 1. The standard InChI is InChI=1S/C18H20ClN3O4S/c1-26-14-7-6-11(8-13(14)19)20-16(24)10-27-18-21-15(23)9-17(25)22(18)12-4-2-3-5-12/h6-9,12,23H,2-5,10H2,1H3,(H,20,24). The molecule has 0 saturated heterocycles. The highest BCUT2D eigenvalue weighted by Crippen LogP contribution is 2.32. The number of halogens is 1. The molecule has 2 N–H and O–H groups in total. The Balaban J connectivity index is 1.70. The molecule has 1 heterocycles. The van der Waals surface area contributed by atoms with Gasteiger partial charge in [-0.1, -0.05) is 36.2 Å². The number of thioether (sulfide) groups is 1. The summed E-state index contributed by atoms with van der Waals surface area (Å²) in [6, 6.07) is 6.14. The first-order valence-electron chi connectivity index (χ1n) is 8.56. The van der Waals surface area contributed by atoms with Crippen LogP contribution in [0, 0.1) is 0 Å². The molecule has 144 valence electrons. The van der Waals surface area contributed by atoms with E-state index < -0.39 is 0 Å². The number of methoxy groups -OCH3 is 1. The molecule has 0 atom stereocenters. The number of carbonyl (C=O) groups is 1. The lowest BCUT2D eigenvalue weighted by Gasteiger charge is -2.17. The van der Waals surface area contributed by atoms with Gasteiger partial charge in [-0.15, -0.1) is 0 Å². The molecule has 0 bridgehead atoms. The summed E-state index contributed by atoms with van der Waals surface area (Å²) in [6.45, 7) is 0. The van der Waals surface area contributed by atoms with Crippen molar-refractivity contribution in [3.05, 3.63) is 39.6 Å². The highest BCUT2D eigenvalue weighted by Gasteiger charge is 2.22. The zero-order valence-electron chi connectivity index (χ0n) is 14.8. The molecule has 0 spiro atoms. The zero-order valence-corrected chi connectivity index (χ0v) is 16.3. The molecule has 1 saturated carbocycles. The summed E-state index contributed by atoms with van der Waals surface area (Å²) in [7, 11) is 1.52. The summed E-state index contributed by atoms with van der Waals surface area (Å²) in [5, 5.41) is 13.2. The van der Waals surface area contributed by atoms with Gasteiger partial charge >= 0.3 is 0 Å². The molecular weight excluding hydrogens is 390 g/mol. The largest absolute Gasteiger partial charge is 0.495 e. The second kappa shape index (κ2) is 8.67. The lowest BCUT2D eigenvalue weighted by molar-refractivity contribution is -0.113. The summed E-state index contributed by atoms with van der Waals surface area (Å²) < 4.78 is 6.67. The quantitative estimate of drug-likeness (QED) is 0.560. The van der Waals surface area contributed by atoms with E-state index in [-0.39, 0.29) is 29.1 Å². The molecule has 1 fully saturated rings. The van der Waals surface area contributed by atoms with E-state index >= 15 is 0 Å². The number of carbonyl (C=O) groups excluding carboxylic acids is 1. The van der Waals surface area contributed by atoms with Crippen LogP contribution in [0.5, 0.6) is 11.6 Å². The number of amides is 1. The van der Waals surface area contributed by atoms with E-state index in [4.69, 9.17) is 16.3 Å². The van der Waals surface area contributed by atoms with Crippen molar-refractivity contribution in [2.75, 3.05) is 18.2 Å². The number of nitrogens with zero attached hydrogens (tertiary/aromatic N) is 2. The topological polar surface area (TPSA) is 93.5 Å². The number of nitrogens with one attached hydrogen (secondary N) is 1. The van der Waals surface area contributed by atoms with Gasteiger partial charge in [-0.05, 0) is 31.0 Å². The van der Waals surface area contributed by atoms with Gasteiger partial charge in [0.1, 0.15) is 5.75 Å². The Bertz CT molecular complexity index is 897. The Morgan fingerprint density at radius 2 is 2.15 bits per heavy atom. The Morgan fingerprint density at radius 3 is 2.81 bits per heavy atom. The molecule has 1 aliphatic carbocycles. The van der Waals surface area contributed by atoms with Gasteiger partial charge in [-0.25, -0.2) is 0 Å². The SMILES string of the molecule is COc1ccc(NC(=O)CSc2nc(O)cc(=O)n2C2CCCC2)cc1Cl. The van der Waals surface area contributed by atoms with Gasteiger partial charge in [0.25, 0.3) is 5.56 Å². The fourth-order valence-electron chi connectivity index (χ4n) is 3.13. The first-order valence-corrected chi connectivity index (χ1v) is 9.93. The number of hydrogen-bond acceptors (Lipinski definition) is 6. The van der Waals surface area contributed by atoms with Crippen LogP contribution in [0.1, 0.15) is 31.7 Å². The third kappa shape index (κ3) is 4.75. The fourth-order valence-corrected chi connectivity index (χ4v) is 4.26. The van der Waals surface area contributed by atoms with Crippen molar-refractivity contribution in [3.63, 3.8) is 0 Å². The highest BCUT2D eigenvalue weighted by atomic mass is 35.5. The summed E-state index contributed by atoms with van der Waals surface area (Å²) in [5.74, 6) is -0.0313. The number of ether oxygens (including phenoxy) is 1. The molecule has 7 nitrogen and oxygen atoms in total. The summed E-state index contributed by atoms with van der Waals surface area (Å²) in [4.78, 5) is 28.6. The lowest BCUT2D eigenvalue weighted by atomic mass is 10.2. The summed E-state index contributed by atoms with van der Waals surface area (Å²) in [5.41, 5.74) is 0.252. The van der Waals surface area contributed by atoms with Crippen LogP contribution >= 0.6 is 23.4 Å². The van der Waals surface area contributed by atoms with Crippen molar-refractivity contribution in [1.29, 1.82) is 0 Å². The van der Waals surface area contributed by atoms with E-state index in [1.807, 2.05) is 0 Å². The molecule has 9 heteroatoms. The number of hydrogen-bond donors (Lipinski definition) is 2. The van der Waals surface area contributed by atoms with Gasteiger partial charge in [0.15, 0.2) is 5.16 Å². The maximum Gasteiger partial charge on any atom is 0.258 e. The van der Waals surface area contributed by atoms with E-state index in [2.05, 4.69) is 10.3 Å². The minimum Gasteiger partial charge on any atom is -0.495 e. The average Bonchev–Trinajstić information content (AvgIpc) is 3.13. The molecular formula is C18H20ClN3O4S. The normalized spacial score (nSPS) is 14.3. The maximum absolute atomic E-state index is 12.3. The van der Waals surface area contributed by atoms with Crippen LogP contribution in [0.25, 0.3) is 0 Å². The lowest BCUT2D eigenvalue weighted by Crippen LogP contribution is -2.26. The van der Waals surface area contributed by atoms with E-state index in [9.17, 15) is 14.7 Å². The van der Waals surface area contributed by atoms with Crippen LogP contribution in [0.15, 0.2) is 34.2 Å². The molecule has 1 aromatic carbocycles. The van der Waals surface area contributed by atoms with Crippen LogP contribution < -0.4 is 15.6 Å². The van der Waals surface area contributed by atoms with E-state index in [0.29, 0.717) is 21.6 Å². The zero-order chi connectivity index (χ0) is 19.4. The second-order valence-electron chi connectivity index (χ2n) is 6.23. The van der Waals surface area contributed by atoms with Crippen molar-refractivity contribution < 1.29 is 14.6 Å². The first kappa shape index (κ1) is 19.6. The highest BCUT2D eigenvalue weighted by molar-refractivity contribution is 7.99. The Morgan fingerprint density at radius 1 is 1.41 bits per heavy atom. The Hall–Kier alpha value is -2.19. The van der Waals surface area contributed by atoms with Crippen molar-refractivity contribution in [2.24, 2.45) is 0 Å². The monoisotopic (exact) mass is 409 g/mol. The maximum atomic E-state index is 12.3. The van der Waals surface area contributed by atoms with Gasteiger partial charge in [-0.2, -0.15) is 4.98 Å². The number of aromatic hydroxyl groups is 1. The molecule has 1 amide bonds. The molecule has 3 rings (SSSR count). The van der Waals surface area contributed by atoms with E-state index in [1.54, 1.807) is 22.8 Å². The van der Waals surface area contributed by atoms with Gasteiger partial charge in [0, 0.05) is 11.7 Å². The van der Waals surface area contributed by atoms with Crippen LogP contribution in [-0.2, 0) is 4.79 Å². The number of rotatable bonds is 6. The predicted octanol–water partition coefficient (Wildman–Crippen LogP) is 3.46. The molecule has 1 aromatic heterocycles. The van der Waals surface area contributed by atoms with Crippen molar-refractivity contribution in [1.82, 2.24) is 9.55 Å². The van der Waals surface area contributed by atoms with E-state index in [0.717, 1.165) is 43.5 Å². The second-order valence-corrected chi connectivity index (χ2v) is 7.58. The van der Waals surface area contributed by atoms with Crippen LogP contribution in [-0.4, -0.2) is 33.4 Å². The molecule has 1 aliphatic rings. The fraction of sp³-hybridized carbons (Fsp3) is 0.389. The molecule has 0 radical (unpaired) electrons. The van der Waals surface area contributed by atoms with Crippen LogP contribution in [0.2, 0.25) is 5.02 Å². The minimum absolute atomic E-state index is 0.0479. The molecule has 2 aromatic rings. The van der Waals surface area contributed by atoms with Crippen molar-refractivity contribution in [2.45, 2.75) is 36.9 Å². The molecule has 0 aliphatic heterocycles. The van der Waals surface area contributed by atoms with Gasteiger partial charge < -0.3 is 15.2 Å². The molecule has 0 unspecified atom stereocenters. The number of aromatic nitrogens is 2. The smallest absolute Gasteiger partial charge is 0.258 e. The molecule has 27 heavy (non-hydrogen) atoms. The van der Waals surface area contributed by atoms with Gasteiger partial charge in [0.05, 0.1) is 24.0 Å². The third-order valence-electron chi connectivity index (χ3n) is 4.36. The van der Waals surface area contributed by atoms with Gasteiger partial charge in [0.2, 0.25) is 11.8 Å². The van der Waals surface area contributed by atoms with Crippen molar-refractivity contribution >= 4 is 35.0 Å². The average molecular weight is 410 g/mol. The Labute approximate surface area is 165 Å².